The van der Waals surface area contributed by atoms with E-state index in [2.05, 4.69) is 14.9 Å². The predicted molar refractivity (Wildman–Crippen MR) is 31.9 cm³/mol. The Kier molecular flexibility index (Phi) is 2.43. The maximum atomic E-state index is 5.05. The van der Waals surface area contributed by atoms with Gasteiger partial charge in [-0.15, -0.1) is 0 Å². The van der Waals surface area contributed by atoms with Crippen molar-refractivity contribution in [2.45, 2.75) is 0 Å². The summed E-state index contributed by atoms with van der Waals surface area (Å²) < 4.78 is 15.1. The number of hydrogen-bond acceptors (Lipinski definition) is 3. The molecule has 0 atom stereocenters. The molecule has 1 aliphatic rings. The molecule has 0 unspecified atom stereocenters. The average Bonchev–Trinajstić information content (AvgIpc) is 1.69. The van der Waals surface area contributed by atoms with Crippen LogP contribution in [0.4, 0.5) is 0 Å². The van der Waals surface area contributed by atoms with Crippen molar-refractivity contribution in [3.63, 3.8) is 0 Å². The van der Waals surface area contributed by atoms with Crippen LogP contribution in [0.25, 0.3) is 0 Å². The van der Waals surface area contributed by atoms with E-state index < -0.39 is 27.4 Å². The van der Waals surface area contributed by atoms with Crippen molar-refractivity contribution in [2.24, 2.45) is 0 Å². The maximum absolute atomic E-state index is 5.05. The van der Waals surface area contributed by atoms with E-state index in [1.54, 1.807) is 0 Å². The second-order valence-electron chi connectivity index (χ2n) is 0.979. The van der Waals surface area contributed by atoms with Gasteiger partial charge in [0, 0.05) is 0 Å². The summed E-state index contributed by atoms with van der Waals surface area (Å²) in [5, 5.41) is 0. The van der Waals surface area contributed by atoms with Gasteiger partial charge in [0.05, 0.1) is 0 Å². The van der Waals surface area contributed by atoms with Gasteiger partial charge in [-0.25, -0.2) is 0 Å². The fourth-order valence-corrected chi connectivity index (χ4v) is 6.36. The van der Waals surface area contributed by atoms with Gasteiger partial charge in [0.1, 0.15) is 0 Å². The number of hydrogen-bond donors (Lipinski definition) is 0. The fourth-order valence-electron chi connectivity index (χ4n) is 0.255. The van der Waals surface area contributed by atoms with E-state index in [-0.39, 0.29) is 0 Å². The van der Waals surface area contributed by atoms with Crippen LogP contribution in [0.15, 0.2) is 0 Å². The van der Waals surface area contributed by atoms with E-state index >= 15 is 0 Å². The minimum absolute atomic E-state index is 0.588. The molecule has 0 aromatic carbocycles. The Morgan fingerprint density at radius 2 is 1.86 bits per heavy atom. The molecule has 7 heteroatoms. The van der Waals surface area contributed by atoms with Crippen LogP contribution in [-0.4, -0.2) is 42.3 Å². The van der Waals surface area contributed by atoms with Crippen LogP contribution in [0.1, 0.15) is 0 Å². The Morgan fingerprint density at radius 1 is 1.29 bits per heavy atom. The van der Waals surface area contributed by atoms with Crippen molar-refractivity contribution in [1.82, 2.24) is 0 Å². The minimum atomic E-state index is -0.920. The summed E-state index contributed by atoms with van der Waals surface area (Å²) in [6.45, 7) is 0. The first-order valence-electron chi connectivity index (χ1n) is 1.77. The first-order valence-corrected chi connectivity index (χ1v) is 7.87. The Bertz CT molecular complexity index is 74.2. The molecule has 1 heterocycles. The van der Waals surface area contributed by atoms with E-state index in [1.807, 2.05) is 0 Å². The van der Waals surface area contributed by atoms with Gasteiger partial charge in [-0.05, 0) is 0 Å². The molecule has 1 rings (SSSR count). The molecule has 0 spiro atoms. The third kappa shape index (κ3) is 1.98. The molecule has 0 amide bonds. The molecule has 0 N–H and O–H groups in total. The van der Waals surface area contributed by atoms with Gasteiger partial charge in [0.15, 0.2) is 0 Å². The normalized spacial score (nSPS) is 27.1. The molecular formula is H4O3SeSi3. The standard InChI is InChI=1S/H4O3SeSi3/c4-7-2-5-1-6-3-7/h5-6H2. The SMILES string of the molecule is [Se]=[Si]1O[SiH2]O[SiH2]O1. The molecule has 3 nitrogen and oxygen atoms in total. The second kappa shape index (κ2) is 2.90. The fraction of sp³-hybridized carbons (Fsp3) is 0. The van der Waals surface area contributed by atoms with E-state index in [1.165, 1.54) is 0 Å². The summed E-state index contributed by atoms with van der Waals surface area (Å²) in [5.74, 6) is 0. The summed E-state index contributed by atoms with van der Waals surface area (Å²) in [5.41, 5.74) is 0. The molecule has 7 heavy (non-hydrogen) atoms. The molecule has 1 aliphatic heterocycles. The van der Waals surface area contributed by atoms with Gasteiger partial charge in [0.2, 0.25) is 0 Å². The Balaban J connectivity index is 2.25. The summed E-state index contributed by atoms with van der Waals surface area (Å²) in [6, 6.07) is 0. The average molecular weight is 215 g/mol. The summed E-state index contributed by atoms with van der Waals surface area (Å²) in [6.07, 6.45) is 0. The van der Waals surface area contributed by atoms with E-state index in [0.717, 1.165) is 0 Å². The van der Waals surface area contributed by atoms with Crippen molar-refractivity contribution in [3.05, 3.63) is 0 Å². The summed E-state index contributed by atoms with van der Waals surface area (Å²) in [4.78, 5) is 0. The summed E-state index contributed by atoms with van der Waals surface area (Å²) >= 11 is 2.83. The molecule has 1 fully saturated rings. The van der Waals surface area contributed by atoms with Crippen LogP contribution in [-0.2, 0) is 12.3 Å². The Hall–Kier alpha value is 0.730. The van der Waals surface area contributed by atoms with Crippen LogP contribution >= 0.6 is 0 Å². The first kappa shape index (κ1) is 5.86. The van der Waals surface area contributed by atoms with Gasteiger partial charge < -0.3 is 0 Å². The molecule has 0 aromatic heterocycles. The van der Waals surface area contributed by atoms with Gasteiger partial charge in [0.25, 0.3) is 0 Å². The molecule has 0 aromatic rings. The molecule has 0 bridgehead atoms. The molecule has 1 saturated heterocycles. The van der Waals surface area contributed by atoms with E-state index in [9.17, 15) is 0 Å². The monoisotopic (exact) mass is 216 g/mol. The van der Waals surface area contributed by atoms with Gasteiger partial charge in [-0.1, -0.05) is 0 Å². The van der Waals surface area contributed by atoms with Crippen LogP contribution in [0.3, 0.4) is 0 Å². The van der Waals surface area contributed by atoms with E-state index in [4.69, 9.17) is 12.3 Å². The molecule has 0 radical (unpaired) electrons. The molecular weight excluding hydrogens is 211 g/mol. The zero-order chi connectivity index (χ0) is 5.11. The van der Waals surface area contributed by atoms with Gasteiger partial charge in [-0.3, -0.25) is 0 Å². The van der Waals surface area contributed by atoms with Crippen molar-refractivity contribution in [2.75, 3.05) is 0 Å². The first-order chi connectivity index (χ1) is 3.39. The van der Waals surface area contributed by atoms with Crippen molar-refractivity contribution < 1.29 is 12.3 Å². The zero-order valence-corrected chi connectivity index (χ0v) is 9.09. The molecule has 0 aliphatic carbocycles. The predicted octanol–water partition coefficient (Wildman–Crippen LogP) is -2.80. The molecule has 40 valence electrons. The summed E-state index contributed by atoms with van der Waals surface area (Å²) in [7, 11) is -2.10. The second-order valence-corrected chi connectivity index (χ2v) is 7.99. The zero-order valence-electron chi connectivity index (χ0n) is 3.55. The third-order valence-corrected chi connectivity index (χ3v) is 9.13. The quantitative estimate of drug-likeness (QED) is 0.409. The van der Waals surface area contributed by atoms with Crippen LogP contribution in [0.5, 0.6) is 0 Å². The topological polar surface area (TPSA) is 27.7 Å². The van der Waals surface area contributed by atoms with Crippen molar-refractivity contribution in [1.29, 1.82) is 0 Å². The van der Waals surface area contributed by atoms with Crippen LogP contribution in [0, 0.1) is 0 Å². The molecule has 0 saturated carbocycles. The third-order valence-electron chi connectivity index (χ3n) is 0.520. The van der Waals surface area contributed by atoms with Crippen LogP contribution < -0.4 is 0 Å². The van der Waals surface area contributed by atoms with Crippen molar-refractivity contribution >= 4 is 42.3 Å². The van der Waals surface area contributed by atoms with Gasteiger partial charge >= 0.3 is 54.7 Å². The van der Waals surface area contributed by atoms with Gasteiger partial charge in [-0.2, -0.15) is 0 Å². The Labute approximate surface area is 55.0 Å². The van der Waals surface area contributed by atoms with Crippen LogP contribution in [0.2, 0.25) is 0 Å². The number of rotatable bonds is 0. The van der Waals surface area contributed by atoms with E-state index in [0.29, 0.717) is 0 Å². The van der Waals surface area contributed by atoms with Crippen molar-refractivity contribution in [3.8, 4) is 0 Å². The Morgan fingerprint density at radius 3 is 2.14 bits per heavy atom.